The number of urea groups is 1. The third kappa shape index (κ3) is 4.53. The van der Waals surface area contributed by atoms with E-state index in [0.717, 1.165) is 16.8 Å². The Morgan fingerprint density at radius 3 is 1.68 bits per heavy atom. The third-order valence-electron chi connectivity index (χ3n) is 4.23. The number of hydrogen-bond donors (Lipinski definition) is 1. The van der Waals surface area contributed by atoms with Crippen LogP contribution in [0.5, 0.6) is 0 Å². The monoisotopic (exact) mass is 346 g/mol. The largest absolute Gasteiger partial charge is 0.327 e. The first-order valence-corrected chi connectivity index (χ1v) is 8.66. The van der Waals surface area contributed by atoms with E-state index in [0.29, 0.717) is 0 Å². The fourth-order valence-electron chi connectivity index (χ4n) is 3.49. The first kappa shape index (κ1) is 21.0. The summed E-state index contributed by atoms with van der Waals surface area (Å²) in [7, 11) is 3.50. The molecule has 1 N–H and O–H groups in total. The van der Waals surface area contributed by atoms with Gasteiger partial charge in [0.25, 0.3) is 0 Å². The Morgan fingerprint density at radius 2 is 1.32 bits per heavy atom. The maximum absolute atomic E-state index is 13.2. The van der Waals surface area contributed by atoms with E-state index in [1.807, 2.05) is 85.5 Å². The first-order chi connectivity index (χ1) is 11.2. The highest BCUT2D eigenvalue weighted by atomic mass is 16.2. The average Bonchev–Trinajstić information content (AvgIpc) is 2.42. The van der Waals surface area contributed by atoms with Crippen molar-refractivity contribution in [3.63, 3.8) is 0 Å². The number of hydrogen-bond acceptors (Lipinski definition) is 2. The lowest BCUT2D eigenvalue weighted by Crippen LogP contribution is -2.61. The minimum atomic E-state index is -0.346. The lowest BCUT2D eigenvalue weighted by molar-refractivity contribution is 0.0633. The van der Waals surface area contributed by atoms with Crippen LogP contribution in [-0.4, -0.2) is 47.0 Å². The van der Waals surface area contributed by atoms with Crippen molar-refractivity contribution < 1.29 is 4.79 Å². The predicted molar refractivity (Wildman–Crippen MR) is 107 cm³/mol. The zero-order valence-electron chi connectivity index (χ0n) is 17.5. The van der Waals surface area contributed by atoms with Crippen molar-refractivity contribution in [3.05, 3.63) is 29.3 Å². The molecule has 0 fully saturated rings. The summed E-state index contributed by atoms with van der Waals surface area (Å²) in [5.74, 6) is 0.154. The van der Waals surface area contributed by atoms with Crippen molar-refractivity contribution in [2.45, 2.75) is 66.5 Å². The lowest BCUT2D eigenvalue weighted by atomic mass is 9.96. The molecule has 0 saturated carbocycles. The first-order valence-electron chi connectivity index (χ1n) is 8.66. The van der Waals surface area contributed by atoms with Gasteiger partial charge in [0, 0.05) is 30.9 Å². The summed E-state index contributed by atoms with van der Waals surface area (Å²) in [4.78, 5) is 18.2. The van der Waals surface area contributed by atoms with Crippen molar-refractivity contribution in [2.75, 3.05) is 19.0 Å². The molecule has 0 atom stereocenters. The van der Waals surface area contributed by atoms with Crippen LogP contribution in [0.3, 0.4) is 0 Å². The van der Waals surface area contributed by atoms with Crippen molar-refractivity contribution >= 4 is 17.7 Å². The van der Waals surface area contributed by atoms with Crippen molar-refractivity contribution in [2.24, 2.45) is 0 Å². The number of rotatable bonds is 1. The van der Waals surface area contributed by atoms with E-state index >= 15 is 0 Å². The number of benzene rings is 1. The lowest BCUT2D eigenvalue weighted by Gasteiger charge is -2.47. The second kappa shape index (κ2) is 7.06. The number of carbonyl (C=O) groups excluding carboxylic acids is 1. The summed E-state index contributed by atoms with van der Waals surface area (Å²) in [6.45, 7) is 16.1. The number of para-hydroxylation sites is 1. The molecular weight excluding hydrogens is 312 g/mol. The summed E-state index contributed by atoms with van der Waals surface area (Å²) < 4.78 is 0. The second-order valence-corrected chi connectivity index (χ2v) is 8.64. The van der Waals surface area contributed by atoms with E-state index in [9.17, 15) is 4.79 Å². The summed E-state index contributed by atoms with van der Waals surface area (Å²) in [5.41, 5.74) is 2.43. The van der Waals surface area contributed by atoms with Gasteiger partial charge >= 0.3 is 6.03 Å². The van der Waals surface area contributed by atoms with Crippen LogP contribution >= 0.6 is 0 Å². The second-order valence-electron chi connectivity index (χ2n) is 8.64. The predicted octanol–water partition coefficient (Wildman–Crippen LogP) is 4.63. The van der Waals surface area contributed by atoms with E-state index < -0.39 is 0 Å². The van der Waals surface area contributed by atoms with E-state index in [-0.39, 0.29) is 23.1 Å². The molecule has 1 aromatic rings. The molecule has 0 aromatic heterocycles. The molecule has 0 bridgehead atoms. The Bertz CT molecular complexity index is 618. The number of nitrogens with one attached hydrogen (secondary N) is 1. The summed E-state index contributed by atoms with van der Waals surface area (Å²) in [6, 6.07) is 5.86. The normalized spacial score (nSPS) is 11.9. The van der Waals surface area contributed by atoms with Crippen LogP contribution in [-0.2, 0) is 0 Å². The molecule has 0 saturated heterocycles. The molecular formula is C20H34N4O. The van der Waals surface area contributed by atoms with E-state index in [1.165, 1.54) is 4.90 Å². The van der Waals surface area contributed by atoms with Gasteiger partial charge in [0.15, 0.2) is 0 Å². The maximum atomic E-state index is 13.2. The highest BCUT2D eigenvalue weighted by molar-refractivity contribution is 6.04. The fourth-order valence-corrected chi connectivity index (χ4v) is 3.49. The van der Waals surface area contributed by atoms with Crippen molar-refractivity contribution in [1.82, 2.24) is 9.80 Å². The zero-order chi connectivity index (χ0) is 19.7. The molecule has 0 unspecified atom stereocenters. The zero-order valence-corrected chi connectivity index (χ0v) is 17.5. The molecule has 1 rings (SSSR count). The summed E-state index contributed by atoms with van der Waals surface area (Å²) in [5, 5.41) is 8.57. The Labute approximate surface area is 153 Å². The van der Waals surface area contributed by atoms with E-state index in [1.54, 1.807) is 11.9 Å². The van der Waals surface area contributed by atoms with Crippen molar-refractivity contribution in [3.8, 4) is 0 Å². The number of guanidine groups is 1. The molecule has 140 valence electrons. The van der Waals surface area contributed by atoms with Crippen LogP contribution in [0.4, 0.5) is 10.5 Å². The van der Waals surface area contributed by atoms with Crippen molar-refractivity contribution in [1.29, 1.82) is 5.41 Å². The minimum Gasteiger partial charge on any atom is -0.315 e. The summed E-state index contributed by atoms with van der Waals surface area (Å²) in [6.07, 6.45) is 0. The smallest absolute Gasteiger partial charge is 0.315 e. The molecule has 0 aliphatic carbocycles. The topological polar surface area (TPSA) is 50.6 Å². The maximum Gasteiger partial charge on any atom is 0.327 e. The van der Waals surface area contributed by atoms with Gasteiger partial charge in [0.1, 0.15) is 0 Å². The molecule has 0 spiro atoms. The number of anilines is 1. The molecule has 1 aromatic carbocycles. The standard InChI is InChI=1S/C20H34N4O/c1-14-12-11-13-15(2)16(14)22(9)17(21)23(10)18(25)24(19(3,4)5)20(6,7)8/h11-13,21H,1-10H3. The van der Waals surface area contributed by atoms with Crippen LogP contribution in [0.25, 0.3) is 0 Å². The van der Waals surface area contributed by atoms with Gasteiger partial charge in [-0.3, -0.25) is 10.3 Å². The SMILES string of the molecule is Cc1cccc(C)c1N(C)C(=N)N(C)C(=O)N(C(C)(C)C)C(C)(C)C. The Hall–Kier alpha value is -2.04. The number of nitrogens with zero attached hydrogens (tertiary/aromatic N) is 3. The van der Waals surface area contributed by atoms with E-state index in [4.69, 9.17) is 5.41 Å². The van der Waals surface area contributed by atoms with Crippen LogP contribution < -0.4 is 4.90 Å². The average molecular weight is 347 g/mol. The highest BCUT2D eigenvalue weighted by Crippen LogP contribution is 2.28. The van der Waals surface area contributed by atoms with Gasteiger partial charge in [-0.25, -0.2) is 4.79 Å². The molecule has 0 radical (unpaired) electrons. The van der Waals surface area contributed by atoms with Crippen LogP contribution in [0.15, 0.2) is 18.2 Å². The van der Waals surface area contributed by atoms with Gasteiger partial charge in [-0.2, -0.15) is 0 Å². The number of carbonyl (C=O) groups is 1. The quantitative estimate of drug-likeness (QED) is 0.595. The summed E-state index contributed by atoms with van der Waals surface area (Å²) >= 11 is 0. The van der Waals surface area contributed by atoms with Gasteiger partial charge in [-0.05, 0) is 66.5 Å². The van der Waals surface area contributed by atoms with Gasteiger partial charge in [-0.1, -0.05) is 18.2 Å². The highest BCUT2D eigenvalue weighted by Gasteiger charge is 2.38. The van der Waals surface area contributed by atoms with Gasteiger partial charge in [0.05, 0.1) is 0 Å². The Balaban J connectivity index is 3.19. The molecule has 25 heavy (non-hydrogen) atoms. The molecule has 0 aliphatic heterocycles. The Kier molecular flexibility index (Phi) is 5.93. The molecule has 5 nitrogen and oxygen atoms in total. The Morgan fingerprint density at radius 1 is 0.920 bits per heavy atom. The molecule has 0 heterocycles. The molecule has 5 heteroatoms. The van der Waals surface area contributed by atoms with Crippen LogP contribution in [0, 0.1) is 19.3 Å². The van der Waals surface area contributed by atoms with Gasteiger partial charge < -0.3 is 9.80 Å². The molecule has 2 amide bonds. The van der Waals surface area contributed by atoms with Crippen LogP contribution in [0.2, 0.25) is 0 Å². The number of aryl methyl sites for hydroxylation is 2. The van der Waals surface area contributed by atoms with E-state index in [2.05, 4.69) is 0 Å². The fraction of sp³-hybridized carbons (Fsp3) is 0.600. The van der Waals surface area contributed by atoms with Gasteiger partial charge in [0.2, 0.25) is 5.96 Å². The third-order valence-corrected chi connectivity index (χ3v) is 4.23. The van der Waals surface area contributed by atoms with Gasteiger partial charge in [-0.15, -0.1) is 0 Å². The number of amides is 2. The molecule has 0 aliphatic rings. The minimum absolute atomic E-state index is 0.154. The van der Waals surface area contributed by atoms with Crippen LogP contribution in [0.1, 0.15) is 52.7 Å².